The lowest BCUT2D eigenvalue weighted by Gasteiger charge is -2.27. The van der Waals surface area contributed by atoms with Gasteiger partial charge >= 0.3 is 0 Å². The zero-order valence-electron chi connectivity index (χ0n) is 13.3. The van der Waals surface area contributed by atoms with E-state index in [0.717, 1.165) is 16.9 Å². The van der Waals surface area contributed by atoms with Crippen LogP contribution in [0.2, 0.25) is 0 Å². The fourth-order valence-corrected chi connectivity index (χ4v) is 3.20. The zero-order valence-corrected chi connectivity index (χ0v) is 13.3. The molecule has 0 radical (unpaired) electrons. The molecule has 2 aliphatic heterocycles. The molecule has 7 heteroatoms. The van der Waals surface area contributed by atoms with Gasteiger partial charge < -0.3 is 4.74 Å². The molecule has 1 fully saturated rings. The van der Waals surface area contributed by atoms with Gasteiger partial charge in [-0.05, 0) is 30.9 Å². The second-order valence-corrected chi connectivity index (χ2v) is 5.88. The number of methoxy groups -OCH3 is 1. The molecular formula is C17H18N2O5. The number of amides is 4. The number of nitrogens with one attached hydrogen (secondary N) is 1. The summed E-state index contributed by atoms with van der Waals surface area (Å²) in [4.78, 5) is 49.7. The van der Waals surface area contributed by atoms with Gasteiger partial charge in [0.15, 0.2) is 0 Å². The van der Waals surface area contributed by atoms with Crippen LogP contribution in [0, 0.1) is 0 Å². The van der Waals surface area contributed by atoms with E-state index in [0.29, 0.717) is 24.2 Å². The number of fused-ring (bicyclic) bond motifs is 1. The summed E-state index contributed by atoms with van der Waals surface area (Å²) in [7, 11) is 1.61. The van der Waals surface area contributed by atoms with Crippen molar-refractivity contribution in [3.63, 3.8) is 0 Å². The van der Waals surface area contributed by atoms with Gasteiger partial charge in [0.1, 0.15) is 6.04 Å². The molecule has 1 unspecified atom stereocenters. The Labute approximate surface area is 139 Å². The summed E-state index contributed by atoms with van der Waals surface area (Å²) in [5.41, 5.74) is 1.46. The molecule has 1 atom stereocenters. The van der Waals surface area contributed by atoms with E-state index in [2.05, 4.69) is 5.32 Å². The summed E-state index contributed by atoms with van der Waals surface area (Å²) in [6, 6.07) is 4.22. The van der Waals surface area contributed by atoms with Gasteiger partial charge in [0.25, 0.3) is 11.8 Å². The molecule has 1 aromatic rings. The van der Waals surface area contributed by atoms with Crippen LogP contribution in [0.4, 0.5) is 0 Å². The molecule has 0 aliphatic carbocycles. The molecule has 3 rings (SSSR count). The van der Waals surface area contributed by atoms with Crippen molar-refractivity contribution in [3.8, 4) is 0 Å². The minimum Gasteiger partial charge on any atom is -0.385 e. The van der Waals surface area contributed by atoms with Crippen LogP contribution >= 0.6 is 0 Å². The topological polar surface area (TPSA) is 92.8 Å². The average Bonchev–Trinajstić information content (AvgIpc) is 2.81. The Morgan fingerprint density at radius 2 is 2.00 bits per heavy atom. The van der Waals surface area contributed by atoms with E-state index in [4.69, 9.17) is 4.74 Å². The van der Waals surface area contributed by atoms with E-state index in [1.807, 2.05) is 6.07 Å². The number of carbonyl (C=O) groups is 4. The normalized spacial score (nSPS) is 20.4. The Balaban J connectivity index is 1.89. The van der Waals surface area contributed by atoms with E-state index in [-0.39, 0.29) is 18.7 Å². The van der Waals surface area contributed by atoms with E-state index >= 15 is 0 Å². The molecule has 24 heavy (non-hydrogen) atoms. The first-order chi connectivity index (χ1) is 11.5. The Morgan fingerprint density at radius 3 is 2.71 bits per heavy atom. The molecule has 7 nitrogen and oxygen atoms in total. The Morgan fingerprint density at radius 1 is 1.21 bits per heavy atom. The molecular weight excluding hydrogens is 312 g/mol. The largest absolute Gasteiger partial charge is 0.385 e. The number of piperidine rings is 1. The standard InChI is InChI=1S/C17H18N2O5/c1-24-9-3-5-10-4-2-6-11-14(10)17(23)19(16(11)22)12-7-8-13(20)18-15(12)21/h2,4,6,12H,3,5,7-9H2,1H3,(H,18,20,21). The third-order valence-corrected chi connectivity index (χ3v) is 4.35. The Bertz CT molecular complexity index is 728. The van der Waals surface area contributed by atoms with Crippen LogP contribution in [-0.2, 0) is 20.7 Å². The molecule has 1 N–H and O–H groups in total. The lowest BCUT2D eigenvalue weighted by molar-refractivity contribution is -0.136. The number of ether oxygens (including phenoxy) is 1. The summed E-state index contributed by atoms with van der Waals surface area (Å²) in [6.07, 6.45) is 1.62. The maximum atomic E-state index is 12.8. The number of rotatable bonds is 5. The van der Waals surface area contributed by atoms with Gasteiger partial charge in [-0.25, -0.2) is 0 Å². The molecule has 0 bridgehead atoms. The quantitative estimate of drug-likeness (QED) is 0.633. The number of hydrogen-bond acceptors (Lipinski definition) is 5. The van der Waals surface area contributed by atoms with Crippen molar-refractivity contribution in [3.05, 3.63) is 34.9 Å². The Kier molecular flexibility index (Phi) is 4.44. The first-order valence-corrected chi connectivity index (χ1v) is 7.87. The minimum absolute atomic E-state index is 0.116. The third kappa shape index (κ3) is 2.71. The molecule has 2 heterocycles. The number of aryl methyl sites for hydroxylation is 1. The maximum absolute atomic E-state index is 12.8. The maximum Gasteiger partial charge on any atom is 0.262 e. The predicted molar refractivity (Wildman–Crippen MR) is 83.3 cm³/mol. The fourth-order valence-electron chi connectivity index (χ4n) is 3.20. The number of hydrogen-bond donors (Lipinski definition) is 1. The summed E-state index contributed by atoms with van der Waals surface area (Å²) in [5.74, 6) is -1.91. The highest BCUT2D eigenvalue weighted by atomic mass is 16.5. The predicted octanol–water partition coefficient (Wildman–Crippen LogP) is 0.667. The van der Waals surface area contributed by atoms with Gasteiger partial charge in [-0.3, -0.25) is 29.4 Å². The molecule has 1 aromatic carbocycles. The van der Waals surface area contributed by atoms with Crippen LogP contribution in [0.5, 0.6) is 0 Å². The summed E-state index contributed by atoms with van der Waals surface area (Å²) in [6.45, 7) is 0.558. The van der Waals surface area contributed by atoms with Gasteiger partial charge in [0, 0.05) is 20.1 Å². The van der Waals surface area contributed by atoms with Crippen molar-refractivity contribution >= 4 is 23.6 Å². The summed E-state index contributed by atoms with van der Waals surface area (Å²) >= 11 is 0. The highest BCUT2D eigenvalue weighted by Crippen LogP contribution is 2.30. The van der Waals surface area contributed by atoms with Gasteiger partial charge in [-0.15, -0.1) is 0 Å². The van der Waals surface area contributed by atoms with Crippen LogP contribution in [0.15, 0.2) is 18.2 Å². The molecule has 0 spiro atoms. The van der Waals surface area contributed by atoms with Gasteiger partial charge in [-0.1, -0.05) is 12.1 Å². The third-order valence-electron chi connectivity index (χ3n) is 4.35. The first kappa shape index (κ1) is 16.3. The van der Waals surface area contributed by atoms with Gasteiger partial charge in [0.2, 0.25) is 11.8 Å². The SMILES string of the molecule is COCCCc1cccc2c1C(=O)N(C1CCC(=O)NC1=O)C2=O. The molecule has 126 valence electrons. The van der Waals surface area contributed by atoms with Crippen molar-refractivity contribution in [2.75, 3.05) is 13.7 Å². The molecule has 2 aliphatic rings. The van der Waals surface area contributed by atoms with Gasteiger partial charge in [0.05, 0.1) is 11.1 Å². The zero-order chi connectivity index (χ0) is 17.3. The Hall–Kier alpha value is -2.54. The second kappa shape index (κ2) is 6.52. The molecule has 4 amide bonds. The second-order valence-electron chi connectivity index (χ2n) is 5.88. The number of benzene rings is 1. The van der Waals surface area contributed by atoms with Crippen LogP contribution in [0.25, 0.3) is 0 Å². The monoisotopic (exact) mass is 330 g/mol. The van der Waals surface area contributed by atoms with Crippen molar-refractivity contribution in [1.82, 2.24) is 10.2 Å². The fraction of sp³-hybridized carbons (Fsp3) is 0.412. The van der Waals surface area contributed by atoms with Crippen LogP contribution in [-0.4, -0.2) is 48.3 Å². The van der Waals surface area contributed by atoms with Crippen molar-refractivity contribution < 1.29 is 23.9 Å². The highest BCUT2D eigenvalue weighted by Gasteiger charge is 2.45. The van der Waals surface area contributed by atoms with E-state index in [9.17, 15) is 19.2 Å². The molecule has 1 saturated heterocycles. The van der Waals surface area contributed by atoms with E-state index < -0.39 is 23.8 Å². The van der Waals surface area contributed by atoms with E-state index in [1.54, 1.807) is 19.2 Å². The first-order valence-electron chi connectivity index (χ1n) is 7.87. The van der Waals surface area contributed by atoms with Gasteiger partial charge in [-0.2, -0.15) is 0 Å². The van der Waals surface area contributed by atoms with Crippen molar-refractivity contribution in [2.24, 2.45) is 0 Å². The van der Waals surface area contributed by atoms with Crippen LogP contribution < -0.4 is 5.32 Å². The van der Waals surface area contributed by atoms with Crippen LogP contribution in [0.3, 0.4) is 0 Å². The lowest BCUT2D eigenvalue weighted by Crippen LogP contribution is -2.54. The van der Waals surface area contributed by atoms with Crippen molar-refractivity contribution in [2.45, 2.75) is 31.7 Å². The smallest absolute Gasteiger partial charge is 0.262 e. The van der Waals surface area contributed by atoms with Crippen LogP contribution in [0.1, 0.15) is 45.5 Å². The summed E-state index contributed by atoms with van der Waals surface area (Å²) < 4.78 is 5.02. The highest BCUT2D eigenvalue weighted by molar-refractivity contribution is 6.24. The van der Waals surface area contributed by atoms with E-state index in [1.165, 1.54) is 0 Å². The number of carbonyl (C=O) groups excluding carboxylic acids is 4. The minimum atomic E-state index is -0.929. The lowest BCUT2D eigenvalue weighted by atomic mass is 9.99. The molecule has 0 aromatic heterocycles. The number of nitrogens with zero attached hydrogens (tertiary/aromatic N) is 1. The summed E-state index contributed by atoms with van der Waals surface area (Å²) in [5, 5.41) is 2.19. The number of imide groups is 2. The molecule has 0 saturated carbocycles. The average molecular weight is 330 g/mol. The van der Waals surface area contributed by atoms with Crippen molar-refractivity contribution in [1.29, 1.82) is 0 Å².